The van der Waals surface area contributed by atoms with Gasteiger partial charge in [-0.25, -0.2) is 0 Å². The Labute approximate surface area is 123 Å². The number of fused-ring (bicyclic) bond motifs is 1. The smallest absolute Gasteiger partial charge is 0.285 e. The van der Waals surface area contributed by atoms with Crippen molar-refractivity contribution in [2.24, 2.45) is 5.16 Å². The van der Waals surface area contributed by atoms with Crippen molar-refractivity contribution >= 4 is 23.0 Å². The zero-order chi connectivity index (χ0) is 14.7. The third-order valence-electron chi connectivity index (χ3n) is 3.27. The Balaban J connectivity index is 2.05. The van der Waals surface area contributed by atoms with Gasteiger partial charge in [-0.2, -0.15) is 0 Å². The molecule has 0 saturated carbocycles. The first-order valence-corrected chi connectivity index (χ1v) is 7.01. The summed E-state index contributed by atoms with van der Waals surface area (Å²) in [5, 5.41) is 4.04. The molecule has 0 spiro atoms. The topological polar surface area (TPSA) is 41.9 Å². The molecule has 0 atom stereocenters. The molecule has 2 aromatic carbocycles. The highest BCUT2D eigenvalue weighted by Crippen LogP contribution is 2.35. The number of benzene rings is 2. The van der Waals surface area contributed by atoms with Crippen molar-refractivity contribution in [1.29, 1.82) is 0 Å². The number of anilines is 2. The minimum absolute atomic E-state index is 0.154. The van der Waals surface area contributed by atoms with E-state index in [0.29, 0.717) is 12.3 Å². The van der Waals surface area contributed by atoms with Crippen molar-refractivity contribution in [3.63, 3.8) is 0 Å². The van der Waals surface area contributed by atoms with E-state index in [9.17, 15) is 4.79 Å². The molecule has 1 aliphatic rings. The molecular weight excluding hydrogens is 264 g/mol. The molecule has 1 aliphatic heterocycles. The number of hydrogen-bond donors (Lipinski definition) is 0. The van der Waals surface area contributed by atoms with Crippen LogP contribution < -0.4 is 4.90 Å². The highest BCUT2D eigenvalue weighted by molar-refractivity contribution is 6.55. The van der Waals surface area contributed by atoms with E-state index in [1.807, 2.05) is 61.5 Å². The molecule has 1 amide bonds. The molecule has 106 valence electrons. The summed E-state index contributed by atoms with van der Waals surface area (Å²) < 4.78 is 0. The van der Waals surface area contributed by atoms with Crippen molar-refractivity contribution in [3.8, 4) is 0 Å². The van der Waals surface area contributed by atoms with Crippen LogP contribution >= 0.6 is 0 Å². The molecular formula is C17H16N2O2. The molecule has 0 N–H and O–H groups in total. The first kappa shape index (κ1) is 13.4. The zero-order valence-electron chi connectivity index (χ0n) is 11.8. The molecule has 0 radical (unpaired) electrons. The molecule has 4 nitrogen and oxygen atoms in total. The van der Waals surface area contributed by atoms with Gasteiger partial charge in [-0.3, -0.25) is 9.69 Å². The molecule has 0 unspecified atom stereocenters. The van der Waals surface area contributed by atoms with Crippen LogP contribution in [0.3, 0.4) is 0 Å². The average molecular weight is 280 g/mol. The molecule has 4 heteroatoms. The van der Waals surface area contributed by atoms with Crippen LogP contribution in [0, 0.1) is 0 Å². The summed E-state index contributed by atoms with van der Waals surface area (Å²) in [5.41, 5.74) is 2.84. The summed E-state index contributed by atoms with van der Waals surface area (Å²) >= 11 is 0. The predicted molar refractivity (Wildman–Crippen MR) is 82.8 cm³/mol. The molecule has 0 saturated heterocycles. The van der Waals surface area contributed by atoms with E-state index in [4.69, 9.17) is 4.84 Å². The van der Waals surface area contributed by atoms with Gasteiger partial charge < -0.3 is 4.84 Å². The lowest BCUT2D eigenvalue weighted by atomic mass is 10.1. The van der Waals surface area contributed by atoms with E-state index in [1.165, 1.54) is 0 Å². The maximum Gasteiger partial charge on any atom is 0.285 e. The number of amides is 1. The SMILES string of the molecule is CCCO/N=C1\C(=O)N(c2ccccc2)c2ccccc21. The van der Waals surface area contributed by atoms with Crippen molar-refractivity contribution in [2.75, 3.05) is 11.5 Å². The van der Waals surface area contributed by atoms with Crippen LogP contribution in [0.15, 0.2) is 59.8 Å². The number of carbonyl (C=O) groups is 1. The first-order chi connectivity index (χ1) is 10.3. The van der Waals surface area contributed by atoms with Crippen LogP contribution in [0.1, 0.15) is 18.9 Å². The normalized spacial score (nSPS) is 15.4. The van der Waals surface area contributed by atoms with Crippen molar-refractivity contribution in [2.45, 2.75) is 13.3 Å². The maximum atomic E-state index is 12.7. The van der Waals surface area contributed by atoms with E-state index in [2.05, 4.69) is 5.16 Å². The zero-order valence-corrected chi connectivity index (χ0v) is 11.8. The van der Waals surface area contributed by atoms with Gasteiger partial charge in [0.05, 0.1) is 5.69 Å². The van der Waals surface area contributed by atoms with Gasteiger partial charge >= 0.3 is 0 Å². The summed E-state index contributed by atoms with van der Waals surface area (Å²) in [6.07, 6.45) is 0.856. The molecule has 0 bridgehead atoms. The average Bonchev–Trinajstić information content (AvgIpc) is 2.81. The van der Waals surface area contributed by atoms with Crippen LogP contribution in [0.4, 0.5) is 11.4 Å². The van der Waals surface area contributed by atoms with E-state index in [1.54, 1.807) is 4.90 Å². The van der Waals surface area contributed by atoms with Gasteiger partial charge in [-0.05, 0) is 24.6 Å². The van der Waals surface area contributed by atoms with Crippen molar-refractivity contribution < 1.29 is 9.63 Å². The minimum atomic E-state index is -0.154. The third-order valence-corrected chi connectivity index (χ3v) is 3.27. The van der Waals surface area contributed by atoms with Gasteiger partial charge in [0.25, 0.3) is 5.91 Å². The van der Waals surface area contributed by atoms with Gasteiger partial charge in [0, 0.05) is 11.3 Å². The van der Waals surface area contributed by atoms with Crippen LogP contribution in [0.25, 0.3) is 0 Å². The van der Waals surface area contributed by atoms with E-state index >= 15 is 0 Å². The van der Waals surface area contributed by atoms with Crippen LogP contribution in [0.2, 0.25) is 0 Å². The van der Waals surface area contributed by atoms with E-state index in [-0.39, 0.29) is 5.91 Å². The summed E-state index contributed by atoms with van der Waals surface area (Å²) in [5.74, 6) is -0.154. The third kappa shape index (κ3) is 2.40. The van der Waals surface area contributed by atoms with Crippen LogP contribution in [-0.4, -0.2) is 18.2 Å². The lowest BCUT2D eigenvalue weighted by molar-refractivity contribution is -0.111. The lowest BCUT2D eigenvalue weighted by Gasteiger charge is -2.16. The van der Waals surface area contributed by atoms with Gasteiger partial charge in [-0.15, -0.1) is 0 Å². The van der Waals surface area contributed by atoms with Gasteiger partial charge in [0.15, 0.2) is 5.71 Å². The van der Waals surface area contributed by atoms with Gasteiger partial charge in [-0.1, -0.05) is 48.5 Å². The Morgan fingerprint density at radius 2 is 1.76 bits per heavy atom. The van der Waals surface area contributed by atoms with Crippen molar-refractivity contribution in [3.05, 3.63) is 60.2 Å². The fraction of sp³-hybridized carbons (Fsp3) is 0.176. The number of oxime groups is 1. The number of nitrogens with zero attached hydrogens (tertiary/aromatic N) is 2. The summed E-state index contributed by atoms with van der Waals surface area (Å²) in [6.45, 7) is 2.51. The quantitative estimate of drug-likeness (QED) is 0.635. The minimum Gasteiger partial charge on any atom is -0.395 e. The Kier molecular flexibility index (Phi) is 3.69. The second kappa shape index (κ2) is 5.79. The van der Waals surface area contributed by atoms with Gasteiger partial charge in [0.2, 0.25) is 0 Å². The largest absolute Gasteiger partial charge is 0.395 e. The molecule has 2 aromatic rings. The Morgan fingerprint density at radius 1 is 1.05 bits per heavy atom. The maximum absolute atomic E-state index is 12.7. The Morgan fingerprint density at radius 3 is 2.52 bits per heavy atom. The predicted octanol–water partition coefficient (Wildman–Crippen LogP) is 3.50. The molecule has 1 heterocycles. The van der Waals surface area contributed by atoms with Gasteiger partial charge in [0.1, 0.15) is 6.61 Å². The highest BCUT2D eigenvalue weighted by Gasteiger charge is 2.35. The van der Waals surface area contributed by atoms with Crippen LogP contribution in [0.5, 0.6) is 0 Å². The Bertz CT molecular complexity index is 680. The summed E-state index contributed by atoms with van der Waals surface area (Å²) in [7, 11) is 0. The number of hydrogen-bond acceptors (Lipinski definition) is 3. The fourth-order valence-electron chi connectivity index (χ4n) is 2.32. The molecule has 3 rings (SSSR count). The molecule has 0 aromatic heterocycles. The highest BCUT2D eigenvalue weighted by atomic mass is 16.6. The molecule has 21 heavy (non-hydrogen) atoms. The van der Waals surface area contributed by atoms with E-state index < -0.39 is 0 Å². The molecule has 0 aliphatic carbocycles. The monoisotopic (exact) mass is 280 g/mol. The molecule has 0 fully saturated rings. The second-order valence-corrected chi connectivity index (χ2v) is 4.77. The summed E-state index contributed by atoms with van der Waals surface area (Å²) in [6, 6.07) is 17.2. The standard InChI is InChI=1S/C17H16N2O2/c1-2-12-21-18-16-14-10-6-7-11-15(14)19(17(16)20)13-8-4-3-5-9-13/h3-11H,2,12H2,1H3/b18-16-. The van der Waals surface area contributed by atoms with Crippen LogP contribution in [-0.2, 0) is 9.63 Å². The number of para-hydroxylation sites is 2. The Hall–Kier alpha value is -2.62. The first-order valence-electron chi connectivity index (χ1n) is 7.01. The fourth-order valence-corrected chi connectivity index (χ4v) is 2.32. The van der Waals surface area contributed by atoms with Crippen molar-refractivity contribution in [1.82, 2.24) is 0 Å². The number of rotatable bonds is 4. The van der Waals surface area contributed by atoms with E-state index in [0.717, 1.165) is 23.4 Å². The number of carbonyl (C=O) groups excluding carboxylic acids is 1. The second-order valence-electron chi connectivity index (χ2n) is 4.77. The summed E-state index contributed by atoms with van der Waals surface area (Å²) in [4.78, 5) is 19.6. The lowest BCUT2D eigenvalue weighted by Crippen LogP contribution is -2.25.